The summed E-state index contributed by atoms with van der Waals surface area (Å²) in [6.45, 7) is 4.14. The lowest BCUT2D eigenvalue weighted by molar-refractivity contribution is 1.01. The Labute approximate surface area is 129 Å². The number of hydrogen-bond acceptors (Lipinski definition) is 2. The van der Waals surface area contributed by atoms with Gasteiger partial charge in [-0.25, -0.2) is 0 Å². The molecule has 0 atom stereocenters. The molecule has 0 N–H and O–H groups in total. The third kappa shape index (κ3) is 1.82. The van der Waals surface area contributed by atoms with Crippen LogP contribution in [0.5, 0.6) is 0 Å². The van der Waals surface area contributed by atoms with Gasteiger partial charge in [0.1, 0.15) is 0 Å². The molecule has 3 heterocycles. The number of nitrogens with zero attached hydrogens (tertiary/aromatic N) is 3. The molecule has 0 radical (unpaired) electrons. The molecule has 0 unspecified atom stereocenters. The molecule has 1 aromatic carbocycles. The third-order valence-electron chi connectivity index (χ3n) is 4.48. The molecule has 0 amide bonds. The highest BCUT2D eigenvalue weighted by Gasteiger charge is 2.09. The van der Waals surface area contributed by atoms with E-state index in [0.29, 0.717) is 0 Å². The Morgan fingerprint density at radius 1 is 0.864 bits per heavy atom. The Balaban J connectivity index is 1.99. The van der Waals surface area contributed by atoms with Gasteiger partial charge < -0.3 is 4.57 Å². The van der Waals surface area contributed by atoms with E-state index in [1.54, 1.807) is 0 Å². The van der Waals surface area contributed by atoms with Crippen LogP contribution in [0.15, 0.2) is 48.9 Å². The van der Waals surface area contributed by atoms with E-state index in [-0.39, 0.29) is 0 Å². The topological polar surface area (TPSA) is 30.7 Å². The third-order valence-corrected chi connectivity index (χ3v) is 4.48. The second-order valence-electron chi connectivity index (χ2n) is 5.81. The van der Waals surface area contributed by atoms with E-state index in [9.17, 15) is 0 Å². The first kappa shape index (κ1) is 13.0. The maximum Gasteiger partial charge on any atom is 0.0519 e. The van der Waals surface area contributed by atoms with Crippen molar-refractivity contribution in [2.24, 2.45) is 7.05 Å². The van der Waals surface area contributed by atoms with Crippen LogP contribution in [0.4, 0.5) is 0 Å². The summed E-state index contributed by atoms with van der Waals surface area (Å²) in [5, 5.41) is 2.44. The van der Waals surface area contributed by atoms with Crippen LogP contribution in [0.25, 0.3) is 32.9 Å². The summed E-state index contributed by atoms with van der Waals surface area (Å²) in [5.41, 5.74) is 7.09. The van der Waals surface area contributed by atoms with Crippen LogP contribution in [0, 0.1) is 13.8 Å². The largest absolute Gasteiger partial charge is 0.343 e. The number of hydrogen-bond donors (Lipinski definition) is 0. The van der Waals surface area contributed by atoms with Crippen LogP contribution < -0.4 is 0 Å². The Morgan fingerprint density at radius 3 is 2.55 bits per heavy atom. The molecule has 3 aromatic heterocycles. The summed E-state index contributed by atoms with van der Waals surface area (Å²) in [4.78, 5) is 8.74. The highest BCUT2D eigenvalue weighted by Crippen LogP contribution is 2.31. The zero-order valence-electron chi connectivity index (χ0n) is 13.0. The molecule has 0 aliphatic rings. The maximum atomic E-state index is 4.48. The average Bonchev–Trinajstić information content (AvgIpc) is 2.83. The molecule has 0 aliphatic heterocycles. The predicted octanol–water partition coefficient (Wildman–Crippen LogP) is 4.41. The average molecular weight is 287 g/mol. The van der Waals surface area contributed by atoms with E-state index < -0.39 is 0 Å². The molecule has 0 saturated carbocycles. The molecule has 22 heavy (non-hydrogen) atoms. The highest BCUT2D eigenvalue weighted by atomic mass is 14.9. The SMILES string of the molecule is Cc1cc(-c2ccc3c4cnccc4n(C)c3c2)cnc1C. The zero-order chi connectivity index (χ0) is 15.3. The van der Waals surface area contributed by atoms with Crippen molar-refractivity contribution < 1.29 is 0 Å². The van der Waals surface area contributed by atoms with Gasteiger partial charge in [-0.2, -0.15) is 0 Å². The van der Waals surface area contributed by atoms with Gasteiger partial charge in [0.2, 0.25) is 0 Å². The van der Waals surface area contributed by atoms with Crippen LogP contribution in [0.1, 0.15) is 11.3 Å². The van der Waals surface area contributed by atoms with Crippen LogP contribution in [-0.4, -0.2) is 14.5 Å². The Kier molecular flexibility index (Phi) is 2.76. The molecule has 4 rings (SSSR count). The van der Waals surface area contributed by atoms with E-state index in [4.69, 9.17) is 0 Å². The van der Waals surface area contributed by atoms with Crippen molar-refractivity contribution in [2.75, 3.05) is 0 Å². The molecule has 0 aliphatic carbocycles. The molecule has 4 aromatic rings. The summed E-state index contributed by atoms with van der Waals surface area (Å²) in [6.07, 6.45) is 5.73. The number of rotatable bonds is 1. The number of benzene rings is 1. The fourth-order valence-corrected chi connectivity index (χ4v) is 3.03. The predicted molar refractivity (Wildman–Crippen MR) is 90.9 cm³/mol. The van der Waals surface area contributed by atoms with E-state index in [1.165, 1.54) is 32.9 Å². The van der Waals surface area contributed by atoms with Crippen LogP contribution in [0.3, 0.4) is 0 Å². The molecule has 0 saturated heterocycles. The van der Waals surface area contributed by atoms with Gasteiger partial charge in [-0.3, -0.25) is 9.97 Å². The molecule has 0 fully saturated rings. The van der Waals surface area contributed by atoms with E-state index >= 15 is 0 Å². The van der Waals surface area contributed by atoms with E-state index in [1.807, 2.05) is 25.5 Å². The van der Waals surface area contributed by atoms with Gasteiger partial charge in [-0.15, -0.1) is 0 Å². The first-order valence-corrected chi connectivity index (χ1v) is 7.41. The van der Waals surface area contributed by atoms with Crippen molar-refractivity contribution in [3.63, 3.8) is 0 Å². The normalized spacial score (nSPS) is 11.4. The van der Waals surface area contributed by atoms with Crippen LogP contribution >= 0.6 is 0 Å². The van der Waals surface area contributed by atoms with Crippen LogP contribution in [-0.2, 0) is 7.05 Å². The lowest BCUT2D eigenvalue weighted by atomic mass is 10.0. The van der Waals surface area contributed by atoms with Gasteiger partial charge in [0.25, 0.3) is 0 Å². The highest BCUT2D eigenvalue weighted by molar-refractivity contribution is 6.08. The number of aromatic nitrogens is 3. The minimum atomic E-state index is 1.08. The molecular weight excluding hydrogens is 270 g/mol. The standard InChI is InChI=1S/C19H17N3/c1-12-8-15(10-21-13(12)2)14-4-5-16-17-11-20-7-6-18(17)22(3)19(16)9-14/h4-11H,1-3H3. The number of pyridine rings is 2. The summed E-state index contributed by atoms with van der Waals surface area (Å²) in [6, 6.07) is 10.9. The maximum absolute atomic E-state index is 4.48. The Hall–Kier alpha value is -2.68. The van der Waals surface area contributed by atoms with Gasteiger partial charge in [0.15, 0.2) is 0 Å². The first-order chi connectivity index (χ1) is 10.6. The first-order valence-electron chi connectivity index (χ1n) is 7.41. The molecule has 0 spiro atoms. The van der Waals surface area contributed by atoms with Gasteiger partial charge >= 0.3 is 0 Å². The smallest absolute Gasteiger partial charge is 0.0519 e. The van der Waals surface area contributed by atoms with Crippen molar-refractivity contribution in [2.45, 2.75) is 13.8 Å². The molecule has 3 heteroatoms. The van der Waals surface area contributed by atoms with Gasteiger partial charge in [-0.1, -0.05) is 12.1 Å². The number of fused-ring (bicyclic) bond motifs is 3. The fourth-order valence-electron chi connectivity index (χ4n) is 3.03. The monoisotopic (exact) mass is 287 g/mol. The van der Waals surface area contributed by atoms with E-state index in [0.717, 1.165) is 11.3 Å². The summed E-state index contributed by atoms with van der Waals surface area (Å²) >= 11 is 0. The summed E-state index contributed by atoms with van der Waals surface area (Å²) < 4.78 is 2.23. The Bertz CT molecular complexity index is 1010. The van der Waals surface area contributed by atoms with Gasteiger partial charge in [0.05, 0.1) is 5.52 Å². The van der Waals surface area contributed by atoms with Crippen molar-refractivity contribution >= 4 is 21.8 Å². The summed E-state index contributed by atoms with van der Waals surface area (Å²) in [5.74, 6) is 0. The fraction of sp³-hybridized carbons (Fsp3) is 0.158. The Morgan fingerprint density at radius 2 is 1.73 bits per heavy atom. The minimum absolute atomic E-state index is 1.08. The molecule has 3 nitrogen and oxygen atoms in total. The number of aryl methyl sites for hydroxylation is 3. The quantitative estimate of drug-likeness (QED) is 0.519. The molecular formula is C19H17N3. The van der Waals surface area contributed by atoms with Crippen molar-refractivity contribution in [3.05, 3.63) is 60.2 Å². The lowest BCUT2D eigenvalue weighted by Crippen LogP contribution is -1.90. The van der Waals surface area contributed by atoms with Gasteiger partial charge in [-0.05, 0) is 43.2 Å². The zero-order valence-corrected chi connectivity index (χ0v) is 13.0. The second kappa shape index (κ2) is 4.67. The minimum Gasteiger partial charge on any atom is -0.343 e. The van der Waals surface area contributed by atoms with Gasteiger partial charge in [0, 0.05) is 53.2 Å². The van der Waals surface area contributed by atoms with Crippen molar-refractivity contribution in [1.82, 2.24) is 14.5 Å². The molecule has 108 valence electrons. The van der Waals surface area contributed by atoms with Crippen LogP contribution in [0.2, 0.25) is 0 Å². The van der Waals surface area contributed by atoms with Crippen molar-refractivity contribution in [3.8, 4) is 11.1 Å². The molecule has 0 bridgehead atoms. The van der Waals surface area contributed by atoms with Crippen molar-refractivity contribution in [1.29, 1.82) is 0 Å². The lowest BCUT2D eigenvalue weighted by Gasteiger charge is -2.06. The second-order valence-corrected chi connectivity index (χ2v) is 5.81. The van der Waals surface area contributed by atoms with E-state index in [2.05, 4.69) is 58.8 Å². The summed E-state index contributed by atoms with van der Waals surface area (Å²) in [7, 11) is 2.10.